The van der Waals surface area contributed by atoms with E-state index in [9.17, 15) is 4.79 Å². The van der Waals surface area contributed by atoms with Crippen molar-refractivity contribution in [3.63, 3.8) is 0 Å². The number of nitrogens with zero attached hydrogens (tertiary/aromatic N) is 2. The summed E-state index contributed by atoms with van der Waals surface area (Å²) in [5, 5.41) is 2.92. The maximum absolute atomic E-state index is 11.6. The molecular formula is C16H21N3O. The lowest BCUT2D eigenvalue weighted by atomic mass is 10.3. The highest BCUT2D eigenvalue weighted by molar-refractivity contribution is 5.77. The Morgan fingerprint density at radius 1 is 1.40 bits per heavy atom. The number of aromatic nitrogens is 2. The highest BCUT2D eigenvalue weighted by Gasteiger charge is 2.11. The Morgan fingerprint density at radius 2 is 2.15 bits per heavy atom. The minimum absolute atomic E-state index is 0.0708. The highest BCUT2D eigenvalue weighted by Crippen LogP contribution is 2.17. The molecule has 0 unspecified atom stereocenters. The van der Waals surface area contributed by atoms with Crippen LogP contribution in [0.3, 0.4) is 0 Å². The van der Waals surface area contributed by atoms with Gasteiger partial charge in [-0.05, 0) is 25.5 Å². The number of fused-ring (bicyclic) bond motifs is 1. The summed E-state index contributed by atoms with van der Waals surface area (Å²) in [6, 6.07) is 8.00. The smallest absolute Gasteiger partial charge is 0.220 e. The molecule has 0 fully saturated rings. The van der Waals surface area contributed by atoms with Crippen molar-refractivity contribution in [2.75, 3.05) is 0 Å². The van der Waals surface area contributed by atoms with Crippen molar-refractivity contribution in [1.29, 1.82) is 0 Å². The van der Waals surface area contributed by atoms with Gasteiger partial charge in [-0.3, -0.25) is 4.79 Å². The van der Waals surface area contributed by atoms with Crippen molar-refractivity contribution < 1.29 is 4.79 Å². The Hall–Kier alpha value is -2.10. The molecular weight excluding hydrogens is 250 g/mol. The predicted octanol–water partition coefficient (Wildman–Crippen LogP) is 3.03. The topological polar surface area (TPSA) is 46.9 Å². The van der Waals surface area contributed by atoms with Crippen molar-refractivity contribution in [3.05, 3.63) is 42.2 Å². The summed E-state index contributed by atoms with van der Waals surface area (Å²) in [7, 11) is 0. The first kappa shape index (κ1) is 14.3. The third kappa shape index (κ3) is 3.26. The van der Waals surface area contributed by atoms with E-state index in [-0.39, 0.29) is 5.91 Å². The number of rotatable bonds is 6. The number of carbonyl (C=O) groups is 1. The van der Waals surface area contributed by atoms with Gasteiger partial charge < -0.3 is 9.88 Å². The van der Waals surface area contributed by atoms with Crippen LogP contribution in [0.4, 0.5) is 0 Å². The molecule has 0 saturated carbocycles. The van der Waals surface area contributed by atoms with Gasteiger partial charge in [0.1, 0.15) is 5.82 Å². The highest BCUT2D eigenvalue weighted by atomic mass is 16.1. The quantitative estimate of drug-likeness (QED) is 0.821. The molecule has 0 radical (unpaired) electrons. The van der Waals surface area contributed by atoms with Crippen LogP contribution in [0.1, 0.15) is 32.5 Å². The second-order valence-corrected chi connectivity index (χ2v) is 5.09. The number of imidazole rings is 1. The van der Waals surface area contributed by atoms with Gasteiger partial charge in [0.15, 0.2) is 0 Å². The van der Waals surface area contributed by atoms with E-state index in [1.807, 2.05) is 38.1 Å². The van der Waals surface area contributed by atoms with Crippen molar-refractivity contribution in [1.82, 2.24) is 14.9 Å². The zero-order valence-corrected chi connectivity index (χ0v) is 12.1. The minimum Gasteiger partial charge on any atom is -0.349 e. The molecule has 0 atom stereocenters. The van der Waals surface area contributed by atoms with Crippen LogP contribution in [0.15, 0.2) is 36.4 Å². The Morgan fingerprint density at radius 3 is 2.85 bits per heavy atom. The fourth-order valence-corrected chi connectivity index (χ4v) is 2.20. The number of benzene rings is 1. The van der Waals surface area contributed by atoms with E-state index in [1.165, 1.54) is 0 Å². The molecule has 0 aliphatic carbocycles. The summed E-state index contributed by atoms with van der Waals surface area (Å²) in [6.45, 7) is 9.14. The SMILES string of the molecule is C=C(C)Cn1c(CNC(=O)CCC)nc2ccccc21. The van der Waals surface area contributed by atoms with Gasteiger partial charge in [-0.25, -0.2) is 4.98 Å². The molecule has 2 aromatic rings. The number of carbonyl (C=O) groups excluding carboxylic acids is 1. The van der Waals surface area contributed by atoms with Gasteiger partial charge in [0.25, 0.3) is 0 Å². The molecule has 106 valence electrons. The van der Waals surface area contributed by atoms with Crippen LogP contribution in [0.2, 0.25) is 0 Å². The fourth-order valence-electron chi connectivity index (χ4n) is 2.20. The molecule has 1 aromatic heterocycles. The van der Waals surface area contributed by atoms with Crippen LogP contribution in [-0.2, 0) is 17.9 Å². The molecule has 1 N–H and O–H groups in total. The third-order valence-corrected chi connectivity index (χ3v) is 3.08. The maximum Gasteiger partial charge on any atom is 0.220 e. The maximum atomic E-state index is 11.6. The molecule has 0 spiro atoms. The fraction of sp³-hybridized carbons (Fsp3) is 0.375. The first-order valence-corrected chi connectivity index (χ1v) is 6.97. The minimum atomic E-state index is 0.0708. The normalized spacial score (nSPS) is 10.7. The Labute approximate surface area is 119 Å². The van der Waals surface area contributed by atoms with Gasteiger partial charge in [0.05, 0.1) is 17.6 Å². The molecule has 0 saturated heterocycles. The van der Waals surface area contributed by atoms with Crippen molar-refractivity contribution in [3.8, 4) is 0 Å². The molecule has 1 aromatic carbocycles. The zero-order valence-electron chi connectivity index (χ0n) is 12.1. The summed E-state index contributed by atoms with van der Waals surface area (Å²) < 4.78 is 2.11. The van der Waals surface area contributed by atoms with Crippen LogP contribution in [0.25, 0.3) is 11.0 Å². The number of nitrogens with one attached hydrogen (secondary N) is 1. The van der Waals surface area contributed by atoms with Crippen LogP contribution in [0, 0.1) is 0 Å². The van der Waals surface area contributed by atoms with E-state index in [2.05, 4.69) is 21.4 Å². The number of hydrogen-bond donors (Lipinski definition) is 1. The molecule has 1 amide bonds. The Kier molecular flexibility index (Phi) is 4.56. The van der Waals surface area contributed by atoms with Gasteiger partial charge in [-0.15, -0.1) is 0 Å². The number of amides is 1. The van der Waals surface area contributed by atoms with Crippen LogP contribution >= 0.6 is 0 Å². The average Bonchev–Trinajstić information content (AvgIpc) is 2.75. The van der Waals surface area contributed by atoms with E-state index in [4.69, 9.17) is 0 Å². The Balaban J connectivity index is 2.26. The van der Waals surface area contributed by atoms with E-state index < -0.39 is 0 Å². The molecule has 0 bridgehead atoms. The lowest BCUT2D eigenvalue weighted by Gasteiger charge is -2.09. The lowest BCUT2D eigenvalue weighted by Crippen LogP contribution is -2.24. The number of para-hydroxylation sites is 2. The summed E-state index contributed by atoms with van der Waals surface area (Å²) in [5.41, 5.74) is 3.10. The summed E-state index contributed by atoms with van der Waals surface area (Å²) in [6.07, 6.45) is 1.41. The van der Waals surface area contributed by atoms with Gasteiger partial charge in [0, 0.05) is 13.0 Å². The standard InChI is InChI=1S/C16H21N3O/c1-4-7-16(20)17-10-15-18-13-8-5-6-9-14(13)19(15)11-12(2)3/h5-6,8-9H,2,4,7,10-11H2,1,3H3,(H,17,20). The van der Waals surface area contributed by atoms with Gasteiger partial charge in [0.2, 0.25) is 5.91 Å². The average molecular weight is 271 g/mol. The zero-order chi connectivity index (χ0) is 14.5. The van der Waals surface area contributed by atoms with Crippen LogP contribution < -0.4 is 5.32 Å². The van der Waals surface area contributed by atoms with Crippen molar-refractivity contribution in [2.24, 2.45) is 0 Å². The molecule has 2 rings (SSSR count). The summed E-state index contributed by atoms with van der Waals surface area (Å²) >= 11 is 0. The summed E-state index contributed by atoms with van der Waals surface area (Å²) in [4.78, 5) is 16.2. The third-order valence-electron chi connectivity index (χ3n) is 3.08. The van der Waals surface area contributed by atoms with Crippen molar-refractivity contribution in [2.45, 2.75) is 39.8 Å². The molecule has 4 heteroatoms. The molecule has 1 heterocycles. The largest absolute Gasteiger partial charge is 0.349 e. The molecule has 0 aliphatic rings. The van der Waals surface area contributed by atoms with Gasteiger partial charge >= 0.3 is 0 Å². The first-order chi connectivity index (χ1) is 9.61. The van der Waals surface area contributed by atoms with Crippen molar-refractivity contribution >= 4 is 16.9 Å². The van der Waals surface area contributed by atoms with E-state index >= 15 is 0 Å². The van der Waals surface area contributed by atoms with Gasteiger partial charge in [-0.2, -0.15) is 0 Å². The lowest BCUT2D eigenvalue weighted by molar-refractivity contribution is -0.121. The molecule has 20 heavy (non-hydrogen) atoms. The number of allylic oxidation sites excluding steroid dienone is 1. The monoisotopic (exact) mass is 271 g/mol. The second kappa shape index (κ2) is 6.37. The van der Waals surface area contributed by atoms with E-state index in [0.717, 1.165) is 35.4 Å². The molecule has 0 aliphatic heterocycles. The Bertz CT molecular complexity index is 628. The van der Waals surface area contributed by atoms with E-state index in [0.29, 0.717) is 13.0 Å². The molecule has 4 nitrogen and oxygen atoms in total. The van der Waals surface area contributed by atoms with Crippen LogP contribution in [-0.4, -0.2) is 15.5 Å². The summed E-state index contributed by atoms with van der Waals surface area (Å²) in [5.74, 6) is 0.945. The second-order valence-electron chi connectivity index (χ2n) is 5.09. The van der Waals surface area contributed by atoms with Crippen LogP contribution in [0.5, 0.6) is 0 Å². The van der Waals surface area contributed by atoms with Gasteiger partial charge in [-0.1, -0.05) is 31.2 Å². The predicted molar refractivity (Wildman–Crippen MR) is 81.3 cm³/mol. The number of hydrogen-bond acceptors (Lipinski definition) is 2. The van der Waals surface area contributed by atoms with E-state index in [1.54, 1.807) is 0 Å². The first-order valence-electron chi connectivity index (χ1n) is 6.97.